The number of hydrogen-bond donors (Lipinski definition) is 1. The van der Waals surface area contributed by atoms with Crippen molar-refractivity contribution in [1.82, 2.24) is 5.43 Å². The lowest BCUT2D eigenvalue weighted by Gasteiger charge is -2.14. The predicted molar refractivity (Wildman–Crippen MR) is 65.5 cm³/mol. The Morgan fingerprint density at radius 1 is 1.28 bits per heavy atom. The molecule has 1 aromatic carbocycles. The summed E-state index contributed by atoms with van der Waals surface area (Å²) in [6.07, 6.45) is 0.869. The van der Waals surface area contributed by atoms with E-state index in [0.717, 1.165) is 5.01 Å². The van der Waals surface area contributed by atoms with Gasteiger partial charge in [0.25, 0.3) is 11.8 Å². The third-order valence-corrected chi connectivity index (χ3v) is 2.78. The van der Waals surface area contributed by atoms with Crippen LogP contribution in [0.4, 0.5) is 5.69 Å². The van der Waals surface area contributed by atoms with Gasteiger partial charge in [0.15, 0.2) is 11.7 Å². The zero-order chi connectivity index (χ0) is 13.1. The summed E-state index contributed by atoms with van der Waals surface area (Å²) in [6.45, 7) is 1.84. The van der Waals surface area contributed by atoms with Crippen LogP contribution in [0.5, 0.6) is 0 Å². The second-order valence-corrected chi connectivity index (χ2v) is 4.13. The number of hydrogen-bond acceptors (Lipinski definition) is 3. The molecule has 1 fully saturated rings. The van der Waals surface area contributed by atoms with Crippen LogP contribution in [0.15, 0.2) is 30.3 Å². The fourth-order valence-electron chi connectivity index (χ4n) is 1.91. The minimum absolute atomic E-state index is 0.243. The number of hydrazine groups is 1. The van der Waals surface area contributed by atoms with E-state index in [9.17, 15) is 14.4 Å². The van der Waals surface area contributed by atoms with Crippen LogP contribution in [0.1, 0.15) is 19.8 Å². The second-order valence-electron chi connectivity index (χ2n) is 4.13. The minimum Gasteiger partial charge on any atom is -0.298 e. The molecule has 1 heterocycles. The van der Waals surface area contributed by atoms with E-state index in [1.165, 1.54) is 0 Å². The first-order chi connectivity index (χ1) is 8.65. The molecule has 0 radical (unpaired) electrons. The van der Waals surface area contributed by atoms with Crippen LogP contribution >= 0.6 is 0 Å². The van der Waals surface area contributed by atoms with E-state index in [1.807, 2.05) is 13.0 Å². The molecule has 2 rings (SSSR count). The van der Waals surface area contributed by atoms with Crippen molar-refractivity contribution in [1.29, 1.82) is 0 Å². The number of anilines is 1. The molecule has 1 saturated heterocycles. The van der Waals surface area contributed by atoms with Gasteiger partial charge in [0, 0.05) is 6.42 Å². The summed E-state index contributed by atoms with van der Waals surface area (Å²) in [4.78, 5) is 35.5. The van der Waals surface area contributed by atoms with Crippen LogP contribution in [0.2, 0.25) is 0 Å². The van der Waals surface area contributed by atoms with Gasteiger partial charge in [-0.15, -0.1) is 0 Å². The van der Waals surface area contributed by atoms with E-state index < -0.39 is 17.7 Å². The average molecular weight is 246 g/mol. The van der Waals surface area contributed by atoms with E-state index in [2.05, 4.69) is 5.43 Å². The van der Waals surface area contributed by atoms with Crippen molar-refractivity contribution in [3.05, 3.63) is 30.3 Å². The van der Waals surface area contributed by atoms with Crippen molar-refractivity contribution in [2.45, 2.75) is 19.8 Å². The molecule has 0 saturated carbocycles. The number of amides is 2. The summed E-state index contributed by atoms with van der Waals surface area (Å²) in [5, 5.41) is 1.14. The molecule has 1 aromatic rings. The maximum atomic E-state index is 12.1. The topological polar surface area (TPSA) is 66.5 Å². The average Bonchev–Trinajstić information content (AvgIpc) is 2.66. The summed E-state index contributed by atoms with van der Waals surface area (Å²) in [7, 11) is 0. The Bertz CT molecular complexity index is 484. The van der Waals surface area contributed by atoms with Crippen molar-refractivity contribution in [3.63, 3.8) is 0 Å². The number of carbonyl (C=O) groups is 3. The number of para-hydroxylation sites is 1. The number of nitrogens with one attached hydrogen (secondary N) is 1. The Kier molecular flexibility index (Phi) is 3.41. The SMILES string of the molecule is CCCC(=O)C1C(=O)NN(c2ccccc2)C1=O. The quantitative estimate of drug-likeness (QED) is 0.807. The van der Waals surface area contributed by atoms with Gasteiger partial charge < -0.3 is 0 Å². The van der Waals surface area contributed by atoms with E-state index in [-0.39, 0.29) is 12.2 Å². The lowest BCUT2D eigenvalue weighted by atomic mass is 10.00. The van der Waals surface area contributed by atoms with Gasteiger partial charge in [0.2, 0.25) is 0 Å². The van der Waals surface area contributed by atoms with Crippen LogP contribution < -0.4 is 10.4 Å². The van der Waals surface area contributed by atoms with Crippen LogP contribution in [0, 0.1) is 5.92 Å². The highest BCUT2D eigenvalue weighted by atomic mass is 16.2. The Balaban J connectivity index is 2.22. The molecular weight excluding hydrogens is 232 g/mol. The first-order valence-corrected chi connectivity index (χ1v) is 5.87. The Hall–Kier alpha value is -2.17. The summed E-state index contributed by atoms with van der Waals surface area (Å²) in [6, 6.07) is 8.73. The maximum Gasteiger partial charge on any atom is 0.265 e. The molecule has 1 aliphatic heterocycles. The van der Waals surface area contributed by atoms with Crippen LogP contribution in [-0.4, -0.2) is 17.6 Å². The van der Waals surface area contributed by atoms with Gasteiger partial charge in [-0.2, -0.15) is 0 Å². The van der Waals surface area contributed by atoms with Gasteiger partial charge in [0.05, 0.1) is 5.69 Å². The van der Waals surface area contributed by atoms with Crippen molar-refractivity contribution in [2.24, 2.45) is 5.92 Å². The first kappa shape index (κ1) is 12.3. The van der Waals surface area contributed by atoms with E-state index >= 15 is 0 Å². The maximum absolute atomic E-state index is 12.1. The number of ketones is 1. The third kappa shape index (κ3) is 2.11. The summed E-state index contributed by atoms with van der Waals surface area (Å²) < 4.78 is 0. The molecule has 1 aliphatic rings. The molecule has 0 bridgehead atoms. The standard InChI is InChI=1S/C13H14N2O3/c1-2-6-10(16)11-12(17)14-15(13(11)18)9-7-4-3-5-8-9/h3-5,7-8,11H,2,6H2,1H3,(H,14,17). The van der Waals surface area contributed by atoms with E-state index in [4.69, 9.17) is 0 Å². The van der Waals surface area contributed by atoms with Crippen LogP contribution in [0.25, 0.3) is 0 Å². The highest BCUT2D eigenvalue weighted by Gasteiger charge is 2.44. The highest BCUT2D eigenvalue weighted by molar-refractivity contribution is 6.26. The van der Waals surface area contributed by atoms with E-state index in [0.29, 0.717) is 12.1 Å². The molecule has 1 atom stereocenters. The third-order valence-electron chi connectivity index (χ3n) is 2.78. The zero-order valence-electron chi connectivity index (χ0n) is 10.1. The summed E-state index contributed by atoms with van der Waals surface area (Å²) in [5.41, 5.74) is 2.99. The van der Waals surface area contributed by atoms with Crippen molar-refractivity contribution in [2.75, 3.05) is 5.01 Å². The molecule has 94 valence electrons. The molecule has 1 N–H and O–H groups in total. The van der Waals surface area contributed by atoms with Gasteiger partial charge in [-0.3, -0.25) is 19.8 Å². The molecule has 0 aromatic heterocycles. The van der Waals surface area contributed by atoms with Gasteiger partial charge >= 0.3 is 0 Å². The monoisotopic (exact) mass is 246 g/mol. The van der Waals surface area contributed by atoms with Crippen molar-refractivity contribution < 1.29 is 14.4 Å². The van der Waals surface area contributed by atoms with Crippen molar-refractivity contribution >= 4 is 23.3 Å². The van der Waals surface area contributed by atoms with Crippen LogP contribution in [-0.2, 0) is 14.4 Å². The van der Waals surface area contributed by atoms with Crippen LogP contribution in [0.3, 0.4) is 0 Å². The lowest BCUT2D eigenvalue weighted by Crippen LogP contribution is -2.35. The van der Waals surface area contributed by atoms with Gasteiger partial charge in [-0.1, -0.05) is 25.1 Å². The molecule has 0 spiro atoms. The fraction of sp³-hybridized carbons (Fsp3) is 0.308. The summed E-state index contributed by atoms with van der Waals surface area (Å²) in [5.74, 6) is -2.55. The number of carbonyl (C=O) groups excluding carboxylic acids is 3. The number of nitrogens with zero attached hydrogens (tertiary/aromatic N) is 1. The number of Topliss-reactive ketones (excluding diaryl/α,β-unsaturated/α-hetero) is 1. The first-order valence-electron chi connectivity index (χ1n) is 5.87. The smallest absolute Gasteiger partial charge is 0.265 e. The molecule has 1 unspecified atom stereocenters. The molecular formula is C13H14N2O3. The second kappa shape index (κ2) is 5.00. The molecule has 18 heavy (non-hydrogen) atoms. The molecule has 2 amide bonds. The van der Waals surface area contributed by atoms with Gasteiger partial charge in [-0.25, -0.2) is 5.01 Å². The normalized spacial score (nSPS) is 18.9. The fourth-order valence-corrected chi connectivity index (χ4v) is 1.91. The molecule has 5 heteroatoms. The Morgan fingerprint density at radius 3 is 2.56 bits per heavy atom. The highest BCUT2D eigenvalue weighted by Crippen LogP contribution is 2.21. The number of benzene rings is 1. The Labute approximate surface area is 105 Å². The Morgan fingerprint density at radius 2 is 1.94 bits per heavy atom. The van der Waals surface area contributed by atoms with Gasteiger partial charge in [-0.05, 0) is 18.6 Å². The molecule has 5 nitrogen and oxygen atoms in total. The lowest BCUT2D eigenvalue weighted by molar-refractivity contribution is -0.136. The van der Waals surface area contributed by atoms with Gasteiger partial charge in [0.1, 0.15) is 0 Å². The minimum atomic E-state index is -1.19. The largest absolute Gasteiger partial charge is 0.298 e. The zero-order valence-corrected chi connectivity index (χ0v) is 10.1. The van der Waals surface area contributed by atoms with Crippen molar-refractivity contribution in [3.8, 4) is 0 Å². The number of rotatable bonds is 4. The predicted octanol–water partition coefficient (Wildman–Crippen LogP) is 1.05. The van der Waals surface area contributed by atoms with E-state index in [1.54, 1.807) is 24.3 Å². The molecule has 0 aliphatic carbocycles. The summed E-state index contributed by atoms with van der Waals surface area (Å²) >= 11 is 0.